The van der Waals surface area contributed by atoms with Crippen LogP contribution in [0, 0.1) is 5.82 Å². The maximum absolute atomic E-state index is 13.1. The molecule has 1 amide bonds. The Bertz CT molecular complexity index is 419. The van der Waals surface area contributed by atoms with Crippen LogP contribution in [0.5, 0.6) is 0 Å². The van der Waals surface area contributed by atoms with Gasteiger partial charge in [-0.05, 0) is 31.5 Å². The first-order valence-electron chi connectivity index (χ1n) is 5.48. The average Bonchev–Trinajstić information content (AvgIpc) is 2.55. The number of anilines is 1. The Morgan fingerprint density at radius 1 is 1.56 bits per heavy atom. The predicted octanol–water partition coefficient (Wildman–Crippen LogP) is 2.21. The lowest BCUT2D eigenvalue weighted by molar-refractivity contribution is -0.117. The number of carbonyl (C=O) groups is 1. The summed E-state index contributed by atoms with van der Waals surface area (Å²) in [7, 11) is 0. The second-order valence-electron chi connectivity index (χ2n) is 4.13. The maximum Gasteiger partial charge on any atom is 0.246 e. The van der Waals surface area contributed by atoms with Gasteiger partial charge in [0.25, 0.3) is 0 Å². The number of nitrogens with one attached hydrogen (secondary N) is 2. The molecule has 2 N–H and O–H groups in total. The molecule has 1 aliphatic heterocycles. The lowest BCUT2D eigenvalue weighted by Crippen LogP contribution is -2.34. The van der Waals surface area contributed by atoms with Crippen molar-refractivity contribution in [2.45, 2.75) is 32.4 Å². The number of hydrogen-bond donors (Lipinski definition) is 2. The fourth-order valence-electron chi connectivity index (χ4n) is 1.80. The van der Waals surface area contributed by atoms with Gasteiger partial charge in [0, 0.05) is 17.3 Å². The average molecular weight is 222 g/mol. The SMILES string of the molecule is CCC(C)NC1C(=O)Nc2ccc(F)cc21. The topological polar surface area (TPSA) is 41.1 Å². The largest absolute Gasteiger partial charge is 0.324 e. The monoisotopic (exact) mass is 222 g/mol. The molecule has 0 saturated heterocycles. The highest BCUT2D eigenvalue weighted by atomic mass is 19.1. The van der Waals surface area contributed by atoms with E-state index in [1.165, 1.54) is 12.1 Å². The van der Waals surface area contributed by atoms with E-state index >= 15 is 0 Å². The number of rotatable bonds is 3. The number of halogens is 1. The normalized spacial score (nSPS) is 20.4. The fraction of sp³-hybridized carbons (Fsp3) is 0.417. The van der Waals surface area contributed by atoms with Crippen LogP contribution in [-0.2, 0) is 4.79 Å². The Morgan fingerprint density at radius 2 is 2.31 bits per heavy atom. The van der Waals surface area contributed by atoms with Crippen molar-refractivity contribution >= 4 is 11.6 Å². The molecule has 0 aliphatic carbocycles. The number of hydrogen-bond acceptors (Lipinski definition) is 2. The van der Waals surface area contributed by atoms with Crippen LogP contribution in [0.25, 0.3) is 0 Å². The summed E-state index contributed by atoms with van der Waals surface area (Å²) in [5.41, 5.74) is 1.40. The van der Waals surface area contributed by atoms with Gasteiger partial charge in [0.2, 0.25) is 5.91 Å². The van der Waals surface area contributed by atoms with Crippen LogP contribution in [0.2, 0.25) is 0 Å². The van der Waals surface area contributed by atoms with Crippen molar-refractivity contribution < 1.29 is 9.18 Å². The lowest BCUT2D eigenvalue weighted by Gasteiger charge is -2.16. The Morgan fingerprint density at radius 3 is 3.00 bits per heavy atom. The molecule has 0 bridgehead atoms. The van der Waals surface area contributed by atoms with E-state index < -0.39 is 6.04 Å². The summed E-state index contributed by atoms with van der Waals surface area (Å²) in [4.78, 5) is 11.7. The zero-order valence-corrected chi connectivity index (χ0v) is 9.38. The maximum atomic E-state index is 13.1. The smallest absolute Gasteiger partial charge is 0.246 e. The molecular formula is C12H15FN2O. The number of amides is 1. The van der Waals surface area contributed by atoms with Gasteiger partial charge >= 0.3 is 0 Å². The van der Waals surface area contributed by atoms with Gasteiger partial charge in [0.1, 0.15) is 11.9 Å². The van der Waals surface area contributed by atoms with E-state index in [0.717, 1.165) is 6.42 Å². The summed E-state index contributed by atoms with van der Waals surface area (Å²) in [6.07, 6.45) is 0.925. The first-order chi connectivity index (χ1) is 7.61. The van der Waals surface area contributed by atoms with Crippen molar-refractivity contribution in [2.24, 2.45) is 0 Å². The van der Waals surface area contributed by atoms with Crippen molar-refractivity contribution in [2.75, 3.05) is 5.32 Å². The molecule has 3 nitrogen and oxygen atoms in total. The van der Waals surface area contributed by atoms with Gasteiger partial charge in [0.15, 0.2) is 0 Å². The quantitative estimate of drug-likeness (QED) is 0.823. The fourth-order valence-corrected chi connectivity index (χ4v) is 1.80. The minimum absolute atomic E-state index is 0.110. The van der Waals surface area contributed by atoms with E-state index in [-0.39, 0.29) is 17.8 Å². The molecule has 1 aliphatic rings. The standard InChI is InChI=1S/C12H15FN2O/c1-3-7(2)14-11-9-6-8(13)4-5-10(9)15-12(11)16/h4-7,11,14H,3H2,1-2H3,(H,15,16). The minimum atomic E-state index is -0.430. The summed E-state index contributed by atoms with van der Waals surface area (Å²) < 4.78 is 13.1. The summed E-state index contributed by atoms with van der Waals surface area (Å²) in [5.74, 6) is -0.424. The third-order valence-corrected chi connectivity index (χ3v) is 2.91. The molecule has 2 atom stereocenters. The summed E-state index contributed by atoms with van der Waals surface area (Å²) in [6.45, 7) is 4.04. The van der Waals surface area contributed by atoms with Gasteiger partial charge < -0.3 is 5.32 Å². The molecule has 2 unspecified atom stereocenters. The number of carbonyl (C=O) groups excluding carboxylic acids is 1. The Labute approximate surface area is 94.0 Å². The first kappa shape index (κ1) is 11.1. The van der Waals surface area contributed by atoms with E-state index in [1.54, 1.807) is 6.07 Å². The highest BCUT2D eigenvalue weighted by Crippen LogP contribution is 2.31. The van der Waals surface area contributed by atoms with Crippen LogP contribution in [0.3, 0.4) is 0 Å². The Balaban J connectivity index is 2.28. The first-order valence-corrected chi connectivity index (χ1v) is 5.48. The number of benzene rings is 1. The molecule has 16 heavy (non-hydrogen) atoms. The highest BCUT2D eigenvalue weighted by Gasteiger charge is 2.31. The molecule has 1 aromatic carbocycles. The molecule has 0 spiro atoms. The van der Waals surface area contributed by atoms with Crippen LogP contribution >= 0.6 is 0 Å². The van der Waals surface area contributed by atoms with Crippen LogP contribution in [0.15, 0.2) is 18.2 Å². The molecule has 0 aromatic heterocycles. The van der Waals surface area contributed by atoms with Gasteiger partial charge in [-0.3, -0.25) is 10.1 Å². The molecule has 2 rings (SSSR count). The van der Waals surface area contributed by atoms with Gasteiger partial charge in [-0.2, -0.15) is 0 Å². The van der Waals surface area contributed by atoms with Crippen molar-refractivity contribution in [3.8, 4) is 0 Å². The molecule has 0 radical (unpaired) electrons. The second-order valence-corrected chi connectivity index (χ2v) is 4.13. The Kier molecular flexibility index (Phi) is 2.92. The van der Waals surface area contributed by atoms with Gasteiger partial charge in [-0.1, -0.05) is 6.92 Å². The molecule has 0 fully saturated rings. The van der Waals surface area contributed by atoms with Crippen molar-refractivity contribution in [1.82, 2.24) is 5.32 Å². The van der Waals surface area contributed by atoms with E-state index in [1.807, 2.05) is 13.8 Å². The van der Waals surface area contributed by atoms with Crippen LogP contribution in [0.1, 0.15) is 31.9 Å². The van der Waals surface area contributed by atoms with Gasteiger partial charge in [0.05, 0.1) is 0 Å². The molecule has 1 aromatic rings. The van der Waals surface area contributed by atoms with Crippen molar-refractivity contribution in [3.63, 3.8) is 0 Å². The molecule has 86 valence electrons. The second kappa shape index (κ2) is 4.22. The predicted molar refractivity (Wildman–Crippen MR) is 60.7 cm³/mol. The third kappa shape index (κ3) is 1.93. The van der Waals surface area contributed by atoms with Crippen LogP contribution in [-0.4, -0.2) is 11.9 Å². The highest BCUT2D eigenvalue weighted by molar-refractivity contribution is 6.02. The zero-order chi connectivity index (χ0) is 11.7. The van der Waals surface area contributed by atoms with E-state index in [9.17, 15) is 9.18 Å². The summed E-state index contributed by atoms with van der Waals surface area (Å²) in [5, 5.41) is 5.92. The van der Waals surface area contributed by atoms with Crippen molar-refractivity contribution in [3.05, 3.63) is 29.6 Å². The van der Waals surface area contributed by atoms with E-state index in [4.69, 9.17) is 0 Å². The molecule has 1 heterocycles. The van der Waals surface area contributed by atoms with Crippen molar-refractivity contribution in [1.29, 1.82) is 0 Å². The Hall–Kier alpha value is -1.42. The van der Waals surface area contributed by atoms with Gasteiger partial charge in [-0.15, -0.1) is 0 Å². The van der Waals surface area contributed by atoms with E-state index in [0.29, 0.717) is 11.3 Å². The molecular weight excluding hydrogens is 207 g/mol. The number of fused-ring (bicyclic) bond motifs is 1. The lowest BCUT2D eigenvalue weighted by atomic mass is 10.1. The van der Waals surface area contributed by atoms with Crippen LogP contribution < -0.4 is 10.6 Å². The molecule has 4 heteroatoms. The zero-order valence-electron chi connectivity index (χ0n) is 9.38. The third-order valence-electron chi connectivity index (χ3n) is 2.91. The summed E-state index contributed by atoms with van der Waals surface area (Å²) in [6, 6.07) is 4.16. The van der Waals surface area contributed by atoms with Crippen LogP contribution in [0.4, 0.5) is 10.1 Å². The minimum Gasteiger partial charge on any atom is -0.324 e. The van der Waals surface area contributed by atoms with Gasteiger partial charge in [-0.25, -0.2) is 4.39 Å². The summed E-state index contributed by atoms with van der Waals surface area (Å²) >= 11 is 0. The van der Waals surface area contributed by atoms with E-state index in [2.05, 4.69) is 10.6 Å². The molecule has 0 saturated carbocycles.